The highest BCUT2D eigenvalue weighted by molar-refractivity contribution is 7.89. The summed E-state index contributed by atoms with van der Waals surface area (Å²) in [7, 11) is -1.95. The predicted octanol–water partition coefficient (Wildman–Crippen LogP) is 2.86. The summed E-state index contributed by atoms with van der Waals surface area (Å²) in [6.07, 6.45) is 3.26. The number of nitrogens with zero attached hydrogens (tertiary/aromatic N) is 2. The van der Waals surface area contributed by atoms with E-state index in [1.165, 1.54) is 10.4 Å². The molecule has 0 saturated carbocycles. The topological polar surface area (TPSA) is 66.9 Å². The first-order chi connectivity index (χ1) is 13.8. The highest BCUT2D eigenvalue weighted by Crippen LogP contribution is 2.21. The standard InChI is InChI=1S/C22H26N2O4S/c1-17-7-9-21(15-18(17)2)29(26,27)24-13-11-23(12-14-24)22(25)10-8-19-5-4-6-20(16-19)28-3/h4-10,15-16H,11-14H2,1-3H3/b10-8+. The van der Waals surface area contributed by atoms with Gasteiger partial charge in [0.2, 0.25) is 15.9 Å². The Hall–Kier alpha value is -2.64. The molecule has 2 aromatic carbocycles. The molecule has 0 radical (unpaired) electrons. The number of benzene rings is 2. The SMILES string of the molecule is COc1cccc(/C=C/C(=O)N2CCN(S(=O)(=O)c3ccc(C)c(C)c3)CC2)c1. The van der Waals surface area contributed by atoms with Gasteiger partial charge in [-0.3, -0.25) is 4.79 Å². The number of carbonyl (C=O) groups is 1. The number of carbonyl (C=O) groups excluding carboxylic acids is 1. The summed E-state index contributed by atoms with van der Waals surface area (Å²) in [5, 5.41) is 0. The zero-order valence-corrected chi connectivity index (χ0v) is 17.8. The highest BCUT2D eigenvalue weighted by Gasteiger charge is 2.29. The van der Waals surface area contributed by atoms with Gasteiger partial charge in [-0.1, -0.05) is 18.2 Å². The molecule has 6 nitrogen and oxygen atoms in total. The smallest absolute Gasteiger partial charge is 0.246 e. The maximum Gasteiger partial charge on any atom is 0.246 e. The number of rotatable bonds is 5. The van der Waals surface area contributed by atoms with Crippen LogP contribution in [0.15, 0.2) is 53.4 Å². The number of hydrogen-bond donors (Lipinski definition) is 0. The number of hydrogen-bond acceptors (Lipinski definition) is 4. The molecule has 0 aromatic heterocycles. The molecule has 0 atom stereocenters. The van der Waals surface area contributed by atoms with Crippen molar-refractivity contribution in [2.24, 2.45) is 0 Å². The number of amides is 1. The molecule has 1 amide bonds. The summed E-state index contributed by atoms with van der Waals surface area (Å²) in [6.45, 7) is 5.16. The minimum atomic E-state index is -3.55. The van der Waals surface area contributed by atoms with Crippen molar-refractivity contribution < 1.29 is 17.9 Å². The molecule has 0 spiro atoms. The fraction of sp³-hybridized carbons (Fsp3) is 0.318. The van der Waals surface area contributed by atoms with Crippen LogP contribution in [0.25, 0.3) is 6.08 Å². The molecule has 1 aliphatic rings. The summed E-state index contributed by atoms with van der Waals surface area (Å²) in [5.74, 6) is 0.598. The van der Waals surface area contributed by atoms with Crippen LogP contribution in [0.2, 0.25) is 0 Å². The fourth-order valence-corrected chi connectivity index (χ4v) is 4.70. The van der Waals surface area contributed by atoms with Crippen LogP contribution in [0.5, 0.6) is 5.75 Å². The Morgan fingerprint density at radius 3 is 2.38 bits per heavy atom. The molecule has 154 valence electrons. The molecule has 0 N–H and O–H groups in total. The molecular formula is C22H26N2O4S. The molecule has 29 heavy (non-hydrogen) atoms. The van der Waals surface area contributed by atoms with E-state index in [1.807, 2.05) is 44.2 Å². The summed E-state index contributed by atoms with van der Waals surface area (Å²) < 4.78 is 32.4. The zero-order chi connectivity index (χ0) is 21.0. The van der Waals surface area contributed by atoms with Gasteiger partial charge in [-0.25, -0.2) is 8.42 Å². The minimum Gasteiger partial charge on any atom is -0.497 e. The lowest BCUT2D eigenvalue weighted by atomic mass is 10.1. The van der Waals surface area contributed by atoms with Gasteiger partial charge >= 0.3 is 0 Å². The van der Waals surface area contributed by atoms with E-state index in [0.717, 1.165) is 22.4 Å². The van der Waals surface area contributed by atoms with Gasteiger partial charge < -0.3 is 9.64 Å². The van der Waals surface area contributed by atoms with Crippen molar-refractivity contribution in [2.75, 3.05) is 33.3 Å². The molecule has 1 saturated heterocycles. The summed E-state index contributed by atoms with van der Waals surface area (Å²) in [5.41, 5.74) is 2.87. The zero-order valence-electron chi connectivity index (χ0n) is 17.0. The van der Waals surface area contributed by atoms with Crippen molar-refractivity contribution in [3.8, 4) is 5.75 Å². The van der Waals surface area contributed by atoms with Gasteiger partial charge in [-0.05, 0) is 60.9 Å². The number of methoxy groups -OCH3 is 1. The third-order valence-corrected chi connectivity index (χ3v) is 7.07. The van der Waals surface area contributed by atoms with Crippen LogP contribution < -0.4 is 4.74 Å². The average molecular weight is 415 g/mol. The van der Waals surface area contributed by atoms with E-state index in [2.05, 4.69) is 0 Å². The highest BCUT2D eigenvalue weighted by atomic mass is 32.2. The second-order valence-corrected chi connectivity index (χ2v) is 9.02. The van der Waals surface area contributed by atoms with E-state index in [1.54, 1.807) is 30.2 Å². The van der Waals surface area contributed by atoms with Crippen LogP contribution >= 0.6 is 0 Å². The van der Waals surface area contributed by atoms with E-state index in [-0.39, 0.29) is 19.0 Å². The van der Waals surface area contributed by atoms with E-state index in [0.29, 0.717) is 18.0 Å². The van der Waals surface area contributed by atoms with Gasteiger partial charge in [-0.15, -0.1) is 0 Å². The van der Waals surface area contributed by atoms with Crippen molar-refractivity contribution >= 4 is 22.0 Å². The monoisotopic (exact) mass is 414 g/mol. The Bertz CT molecular complexity index is 1020. The molecule has 0 aliphatic carbocycles. The number of ether oxygens (including phenoxy) is 1. The molecule has 3 rings (SSSR count). The quantitative estimate of drug-likeness (QED) is 0.706. The minimum absolute atomic E-state index is 0.129. The molecule has 0 unspecified atom stereocenters. The Morgan fingerprint density at radius 2 is 1.72 bits per heavy atom. The van der Waals surface area contributed by atoms with Crippen molar-refractivity contribution in [1.82, 2.24) is 9.21 Å². The molecular weight excluding hydrogens is 388 g/mol. The van der Waals surface area contributed by atoms with Crippen molar-refractivity contribution in [3.05, 3.63) is 65.2 Å². The Balaban J connectivity index is 1.62. The van der Waals surface area contributed by atoms with Crippen LogP contribution in [0.3, 0.4) is 0 Å². The molecule has 1 heterocycles. The van der Waals surface area contributed by atoms with E-state index < -0.39 is 10.0 Å². The maximum atomic E-state index is 12.9. The summed E-state index contributed by atoms with van der Waals surface area (Å²) in [4.78, 5) is 14.4. The van der Waals surface area contributed by atoms with Crippen LogP contribution in [-0.4, -0.2) is 56.8 Å². The lowest BCUT2D eigenvalue weighted by Crippen LogP contribution is -2.50. The van der Waals surface area contributed by atoms with E-state index >= 15 is 0 Å². The first kappa shape index (κ1) is 21.1. The van der Waals surface area contributed by atoms with Gasteiger partial charge in [0.1, 0.15) is 5.75 Å². The van der Waals surface area contributed by atoms with Crippen LogP contribution in [0.1, 0.15) is 16.7 Å². The Kier molecular flexibility index (Phi) is 6.39. The molecule has 2 aromatic rings. The van der Waals surface area contributed by atoms with Crippen molar-refractivity contribution in [3.63, 3.8) is 0 Å². The van der Waals surface area contributed by atoms with E-state index in [9.17, 15) is 13.2 Å². The molecule has 7 heteroatoms. The lowest BCUT2D eigenvalue weighted by Gasteiger charge is -2.33. The van der Waals surface area contributed by atoms with Gasteiger partial charge in [0.05, 0.1) is 12.0 Å². The summed E-state index contributed by atoms with van der Waals surface area (Å²) in [6, 6.07) is 12.6. The van der Waals surface area contributed by atoms with Crippen LogP contribution in [0.4, 0.5) is 0 Å². The van der Waals surface area contributed by atoms with Crippen LogP contribution in [-0.2, 0) is 14.8 Å². The normalized spacial score (nSPS) is 15.6. The Labute approximate surface area is 172 Å². The first-order valence-corrected chi connectivity index (χ1v) is 10.9. The van der Waals surface area contributed by atoms with Crippen LogP contribution in [0, 0.1) is 13.8 Å². The van der Waals surface area contributed by atoms with Gasteiger partial charge in [0.25, 0.3) is 0 Å². The van der Waals surface area contributed by atoms with Crippen molar-refractivity contribution in [2.45, 2.75) is 18.7 Å². The second kappa shape index (κ2) is 8.80. The van der Waals surface area contributed by atoms with E-state index in [4.69, 9.17) is 4.74 Å². The predicted molar refractivity (Wildman–Crippen MR) is 113 cm³/mol. The second-order valence-electron chi connectivity index (χ2n) is 7.09. The van der Waals surface area contributed by atoms with Crippen molar-refractivity contribution in [1.29, 1.82) is 0 Å². The number of piperazine rings is 1. The Morgan fingerprint density at radius 1 is 1.00 bits per heavy atom. The first-order valence-electron chi connectivity index (χ1n) is 9.50. The van der Waals surface area contributed by atoms with Gasteiger partial charge in [-0.2, -0.15) is 4.31 Å². The third-order valence-electron chi connectivity index (χ3n) is 5.18. The summed E-state index contributed by atoms with van der Waals surface area (Å²) >= 11 is 0. The fourth-order valence-electron chi connectivity index (χ4n) is 3.19. The lowest BCUT2D eigenvalue weighted by molar-refractivity contribution is -0.127. The average Bonchev–Trinajstić information content (AvgIpc) is 2.74. The molecule has 1 aliphatic heterocycles. The molecule has 0 bridgehead atoms. The maximum absolute atomic E-state index is 12.9. The van der Waals surface area contributed by atoms with Gasteiger partial charge in [0.15, 0.2) is 0 Å². The molecule has 1 fully saturated rings. The number of sulfonamides is 1. The largest absolute Gasteiger partial charge is 0.497 e. The number of aryl methyl sites for hydroxylation is 2. The third kappa shape index (κ3) is 4.86. The van der Waals surface area contributed by atoms with Gasteiger partial charge in [0, 0.05) is 32.3 Å².